The van der Waals surface area contributed by atoms with E-state index in [9.17, 15) is 0 Å². The zero-order valence-corrected chi connectivity index (χ0v) is 11.9. The molecule has 0 unspecified atom stereocenters. The Morgan fingerprint density at radius 3 is 2.06 bits per heavy atom. The van der Waals surface area contributed by atoms with E-state index in [1.165, 1.54) is 0 Å². The molecular formula is C13H20N2OS. The van der Waals surface area contributed by atoms with Crippen LogP contribution in [0.1, 0.15) is 25.2 Å². The SMILES string of the molecule is CC.COc1ccc(C)nc1.Cc1cscn1. The van der Waals surface area contributed by atoms with Crippen molar-refractivity contribution in [3.63, 3.8) is 0 Å². The molecule has 17 heavy (non-hydrogen) atoms. The predicted molar refractivity (Wildman–Crippen MR) is 73.7 cm³/mol. The summed E-state index contributed by atoms with van der Waals surface area (Å²) < 4.78 is 4.91. The van der Waals surface area contributed by atoms with E-state index in [1.807, 2.05) is 50.7 Å². The molecule has 0 spiro atoms. The van der Waals surface area contributed by atoms with Gasteiger partial charge in [0.15, 0.2) is 0 Å². The Hall–Kier alpha value is -1.42. The van der Waals surface area contributed by atoms with E-state index in [4.69, 9.17) is 4.74 Å². The molecule has 0 saturated heterocycles. The number of thiazole rings is 1. The lowest BCUT2D eigenvalue weighted by Crippen LogP contribution is -1.84. The van der Waals surface area contributed by atoms with Crippen molar-refractivity contribution in [1.82, 2.24) is 9.97 Å². The minimum absolute atomic E-state index is 0.806. The van der Waals surface area contributed by atoms with Gasteiger partial charge in [-0.2, -0.15) is 0 Å². The van der Waals surface area contributed by atoms with Crippen LogP contribution in [0.4, 0.5) is 0 Å². The second-order valence-corrected chi connectivity index (χ2v) is 3.69. The molecule has 2 aromatic rings. The fraction of sp³-hybridized carbons (Fsp3) is 0.385. The zero-order valence-electron chi connectivity index (χ0n) is 11.1. The number of pyridine rings is 1. The van der Waals surface area contributed by atoms with Gasteiger partial charge in [0.2, 0.25) is 0 Å². The third kappa shape index (κ3) is 7.47. The highest BCUT2D eigenvalue weighted by molar-refractivity contribution is 7.07. The van der Waals surface area contributed by atoms with Crippen LogP contribution in [0.3, 0.4) is 0 Å². The average molecular weight is 252 g/mol. The number of ether oxygens (including phenoxy) is 1. The second-order valence-electron chi connectivity index (χ2n) is 2.97. The molecule has 0 saturated carbocycles. The monoisotopic (exact) mass is 252 g/mol. The molecule has 0 aliphatic rings. The minimum Gasteiger partial charge on any atom is -0.495 e. The van der Waals surface area contributed by atoms with Crippen LogP contribution < -0.4 is 4.74 Å². The van der Waals surface area contributed by atoms with Crippen molar-refractivity contribution < 1.29 is 4.74 Å². The molecule has 2 aromatic heterocycles. The maximum absolute atomic E-state index is 4.91. The number of rotatable bonds is 1. The topological polar surface area (TPSA) is 35.0 Å². The first-order chi connectivity index (χ1) is 8.22. The first-order valence-corrected chi connectivity index (χ1v) is 6.48. The summed E-state index contributed by atoms with van der Waals surface area (Å²) in [5, 5.41) is 2.01. The molecule has 2 rings (SSSR count). The Balaban J connectivity index is 0.000000278. The second kappa shape index (κ2) is 9.78. The number of aromatic nitrogens is 2. The van der Waals surface area contributed by atoms with Crippen LogP contribution >= 0.6 is 11.3 Å². The third-order valence-corrected chi connectivity index (χ3v) is 2.38. The molecular weight excluding hydrogens is 232 g/mol. The van der Waals surface area contributed by atoms with Crippen LogP contribution in [0.15, 0.2) is 29.2 Å². The number of aryl methyl sites for hydroxylation is 2. The van der Waals surface area contributed by atoms with E-state index in [0.29, 0.717) is 0 Å². The van der Waals surface area contributed by atoms with Crippen molar-refractivity contribution in [2.45, 2.75) is 27.7 Å². The lowest BCUT2D eigenvalue weighted by atomic mass is 10.4. The largest absolute Gasteiger partial charge is 0.495 e. The van der Waals surface area contributed by atoms with Crippen LogP contribution in [0.5, 0.6) is 5.75 Å². The molecule has 0 N–H and O–H groups in total. The summed E-state index contributed by atoms with van der Waals surface area (Å²) in [5.41, 5.74) is 3.95. The number of nitrogens with zero attached hydrogens (tertiary/aromatic N) is 2. The average Bonchev–Trinajstić information content (AvgIpc) is 2.85. The first-order valence-electron chi connectivity index (χ1n) is 5.54. The Morgan fingerprint density at radius 2 is 1.76 bits per heavy atom. The lowest BCUT2D eigenvalue weighted by molar-refractivity contribution is 0.412. The van der Waals surface area contributed by atoms with Crippen LogP contribution in [0.2, 0.25) is 0 Å². The normalized spacial score (nSPS) is 8.29. The third-order valence-electron chi connectivity index (χ3n) is 1.68. The van der Waals surface area contributed by atoms with Crippen molar-refractivity contribution in [1.29, 1.82) is 0 Å². The maximum atomic E-state index is 4.91. The Kier molecular flexibility index (Phi) is 8.96. The van der Waals surface area contributed by atoms with Crippen LogP contribution in [-0.2, 0) is 0 Å². The molecule has 2 heterocycles. The highest BCUT2D eigenvalue weighted by Crippen LogP contribution is 2.06. The van der Waals surface area contributed by atoms with Gasteiger partial charge in [0.1, 0.15) is 5.75 Å². The van der Waals surface area contributed by atoms with Gasteiger partial charge in [-0.05, 0) is 26.0 Å². The molecule has 94 valence electrons. The van der Waals surface area contributed by atoms with Crippen molar-refractivity contribution in [3.8, 4) is 5.75 Å². The fourth-order valence-electron chi connectivity index (χ4n) is 0.848. The van der Waals surface area contributed by atoms with Crippen LogP contribution in [0.25, 0.3) is 0 Å². The van der Waals surface area contributed by atoms with Crippen LogP contribution in [-0.4, -0.2) is 17.1 Å². The van der Waals surface area contributed by atoms with Gasteiger partial charge in [0, 0.05) is 16.8 Å². The van der Waals surface area contributed by atoms with E-state index in [1.54, 1.807) is 24.6 Å². The molecule has 0 amide bonds. The maximum Gasteiger partial charge on any atom is 0.137 e. The molecule has 0 aromatic carbocycles. The van der Waals surface area contributed by atoms with Gasteiger partial charge in [-0.3, -0.25) is 9.97 Å². The van der Waals surface area contributed by atoms with Gasteiger partial charge in [-0.1, -0.05) is 13.8 Å². The van der Waals surface area contributed by atoms with Gasteiger partial charge >= 0.3 is 0 Å². The van der Waals surface area contributed by atoms with Gasteiger partial charge in [-0.15, -0.1) is 11.3 Å². The minimum atomic E-state index is 0.806. The Labute approximate surface area is 108 Å². The summed E-state index contributed by atoms with van der Waals surface area (Å²) in [6, 6.07) is 3.81. The smallest absolute Gasteiger partial charge is 0.137 e. The molecule has 0 radical (unpaired) electrons. The highest BCUT2D eigenvalue weighted by Gasteiger charge is 1.86. The summed E-state index contributed by atoms with van der Waals surface area (Å²) in [6.45, 7) is 7.93. The molecule has 0 bridgehead atoms. The summed E-state index contributed by atoms with van der Waals surface area (Å²) in [4.78, 5) is 7.96. The molecule has 0 atom stereocenters. The summed E-state index contributed by atoms with van der Waals surface area (Å²) in [7, 11) is 1.63. The standard InChI is InChI=1S/C7H9NO.C4H5NS.C2H6/c1-6-3-4-7(9-2)5-8-6;1-4-2-6-3-5-4;1-2/h3-5H,1-2H3;2-3H,1H3;1-2H3. The van der Waals surface area contributed by atoms with E-state index in [-0.39, 0.29) is 0 Å². The number of hydrogen-bond acceptors (Lipinski definition) is 4. The first kappa shape index (κ1) is 15.6. The van der Waals surface area contributed by atoms with Crippen molar-refractivity contribution in [2.24, 2.45) is 0 Å². The van der Waals surface area contributed by atoms with E-state index < -0.39 is 0 Å². The summed E-state index contributed by atoms with van der Waals surface area (Å²) >= 11 is 1.63. The van der Waals surface area contributed by atoms with Crippen LogP contribution in [0, 0.1) is 13.8 Å². The van der Waals surface area contributed by atoms with Gasteiger partial charge in [0.05, 0.1) is 18.8 Å². The number of methoxy groups -OCH3 is 1. The quantitative estimate of drug-likeness (QED) is 0.772. The highest BCUT2D eigenvalue weighted by atomic mass is 32.1. The Morgan fingerprint density at radius 1 is 1.06 bits per heavy atom. The predicted octanol–water partition coefficient (Wildman–Crippen LogP) is 3.88. The van der Waals surface area contributed by atoms with Gasteiger partial charge in [-0.25, -0.2) is 0 Å². The number of hydrogen-bond donors (Lipinski definition) is 0. The van der Waals surface area contributed by atoms with E-state index >= 15 is 0 Å². The van der Waals surface area contributed by atoms with Gasteiger partial charge < -0.3 is 4.74 Å². The molecule has 0 aliphatic heterocycles. The van der Waals surface area contributed by atoms with E-state index in [2.05, 4.69) is 9.97 Å². The molecule has 3 nitrogen and oxygen atoms in total. The Bertz CT molecular complexity index is 371. The zero-order chi connectivity index (χ0) is 13.1. The summed E-state index contributed by atoms with van der Waals surface area (Å²) in [5.74, 6) is 0.806. The van der Waals surface area contributed by atoms with Crippen molar-refractivity contribution >= 4 is 11.3 Å². The lowest BCUT2D eigenvalue weighted by Gasteiger charge is -1.96. The molecule has 0 aliphatic carbocycles. The molecule has 0 fully saturated rings. The van der Waals surface area contributed by atoms with Crippen molar-refractivity contribution in [3.05, 3.63) is 40.6 Å². The van der Waals surface area contributed by atoms with E-state index in [0.717, 1.165) is 17.1 Å². The molecule has 4 heteroatoms. The van der Waals surface area contributed by atoms with Crippen molar-refractivity contribution in [2.75, 3.05) is 7.11 Å². The summed E-state index contributed by atoms with van der Waals surface area (Å²) in [6.07, 6.45) is 1.70. The van der Waals surface area contributed by atoms with Gasteiger partial charge in [0.25, 0.3) is 0 Å². The fourth-order valence-corrected chi connectivity index (χ4v) is 1.39.